The highest BCUT2D eigenvalue weighted by molar-refractivity contribution is 6.01. The molecule has 2 heteroatoms. The van der Waals surface area contributed by atoms with Crippen molar-refractivity contribution in [1.82, 2.24) is 0 Å². The summed E-state index contributed by atoms with van der Waals surface area (Å²) in [5, 5.41) is 0. The van der Waals surface area contributed by atoms with Gasteiger partial charge in [0.1, 0.15) is 11.6 Å². The second kappa shape index (κ2) is 3.28. The van der Waals surface area contributed by atoms with Gasteiger partial charge in [-0.25, -0.2) is 0 Å². The SMILES string of the molecule is O=C1[C@@H]2[C@H](C(=O)[C@H]3[C@H]1[C@@H]1C=C[C@@H]3CC1)[C@H]1C=C[C@H]2C1. The summed E-state index contributed by atoms with van der Waals surface area (Å²) in [7, 11) is 0. The van der Waals surface area contributed by atoms with Gasteiger partial charge in [0.2, 0.25) is 0 Å². The number of carbonyl (C=O) groups is 2. The van der Waals surface area contributed by atoms with Crippen LogP contribution in [-0.2, 0) is 9.59 Å². The Balaban J connectivity index is 1.64. The van der Waals surface area contributed by atoms with Crippen molar-refractivity contribution in [1.29, 1.82) is 0 Å². The third-order valence-corrected chi connectivity index (χ3v) is 6.52. The van der Waals surface area contributed by atoms with E-state index in [1.54, 1.807) is 0 Å². The van der Waals surface area contributed by atoms with E-state index in [1.165, 1.54) is 0 Å². The summed E-state index contributed by atoms with van der Waals surface area (Å²) in [5.74, 6) is 2.47. The summed E-state index contributed by atoms with van der Waals surface area (Å²) in [6.07, 6.45) is 12.1. The van der Waals surface area contributed by atoms with E-state index in [-0.39, 0.29) is 23.7 Å². The quantitative estimate of drug-likeness (QED) is 0.622. The van der Waals surface area contributed by atoms with Gasteiger partial charge in [-0.05, 0) is 42.9 Å². The lowest BCUT2D eigenvalue weighted by molar-refractivity contribution is -0.154. The number of hydrogen-bond donors (Lipinski definition) is 0. The van der Waals surface area contributed by atoms with Crippen molar-refractivity contribution >= 4 is 11.6 Å². The summed E-state index contributed by atoms with van der Waals surface area (Å²) in [6.45, 7) is 0. The van der Waals surface area contributed by atoms with E-state index in [1.807, 2.05) is 0 Å². The number of rotatable bonds is 0. The molecule has 0 saturated heterocycles. The van der Waals surface area contributed by atoms with Gasteiger partial charge in [0.05, 0.1) is 0 Å². The molecule has 4 bridgehead atoms. The highest BCUT2D eigenvalue weighted by Crippen LogP contribution is 2.58. The van der Waals surface area contributed by atoms with Gasteiger partial charge in [0, 0.05) is 23.7 Å². The Bertz CT molecular complexity index is 497. The normalized spacial score (nSPS) is 56.6. The number of Topliss-reactive ketones (excluding diaryl/α,β-unsaturated/α-hetero) is 2. The van der Waals surface area contributed by atoms with Gasteiger partial charge < -0.3 is 0 Å². The average Bonchev–Trinajstić information content (AvgIpc) is 3.06. The second-order valence-electron chi connectivity index (χ2n) is 7.15. The zero-order chi connectivity index (χ0) is 12.7. The molecular formula is C17H18O2. The third-order valence-electron chi connectivity index (χ3n) is 6.52. The summed E-state index contributed by atoms with van der Waals surface area (Å²) in [5.41, 5.74) is 0. The Morgan fingerprint density at radius 2 is 1.00 bits per heavy atom. The maximum absolute atomic E-state index is 12.9. The molecule has 2 nitrogen and oxygen atoms in total. The van der Waals surface area contributed by atoms with E-state index in [0.29, 0.717) is 35.2 Å². The van der Waals surface area contributed by atoms with Crippen LogP contribution >= 0.6 is 0 Å². The second-order valence-corrected chi connectivity index (χ2v) is 7.15. The zero-order valence-electron chi connectivity index (χ0n) is 10.9. The van der Waals surface area contributed by atoms with E-state index in [2.05, 4.69) is 24.3 Å². The molecule has 0 heterocycles. The lowest BCUT2D eigenvalue weighted by atomic mass is 9.51. The van der Waals surface area contributed by atoms with Crippen LogP contribution < -0.4 is 0 Å². The molecule has 19 heavy (non-hydrogen) atoms. The smallest absolute Gasteiger partial charge is 0.141 e. The van der Waals surface area contributed by atoms with Crippen molar-refractivity contribution < 1.29 is 9.59 Å². The Labute approximate surface area is 112 Å². The van der Waals surface area contributed by atoms with Crippen LogP contribution in [0.25, 0.3) is 0 Å². The Kier molecular flexibility index (Phi) is 1.83. The van der Waals surface area contributed by atoms with Crippen LogP contribution in [0.1, 0.15) is 19.3 Å². The molecule has 3 fully saturated rings. The van der Waals surface area contributed by atoms with E-state index in [0.717, 1.165) is 19.3 Å². The topological polar surface area (TPSA) is 34.1 Å². The van der Waals surface area contributed by atoms with Crippen LogP contribution in [0.2, 0.25) is 0 Å². The van der Waals surface area contributed by atoms with Crippen molar-refractivity contribution in [2.24, 2.45) is 47.3 Å². The predicted octanol–water partition coefficient (Wildman–Crippen LogP) is 2.40. The van der Waals surface area contributed by atoms with Crippen LogP contribution in [0.4, 0.5) is 0 Å². The molecule has 98 valence electrons. The lowest BCUT2D eigenvalue weighted by Gasteiger charge is -2.50. The van der Waals surface area contributed by atoms with E-state index in [9.17, 15) is 9.59 Å². The third kappa shape index (κ3) is 1.11. The first-order valence-electron chi connectivity index (χ1n) is 7.70. The molecule has 0 aliphatic heterocycles. The van der Waals surface area contributed by atoms with E-state index in [4.69, 9.17) is 0 Å². The molecule has 6 aliphatic rings. The summed E-state index contributed by atoms with van der Waals surface area (Å²) < 4.78 is 0. The molecule has 6 rings (SSSR count). The minimum Gasteiger partial charge on any atom is -0.299 e. The highest BCUT2D eigenvalue weighted by atomic mass is 16.1. The Morgan fingerprint density at radius 1 is 0.632 bits per heavy atom. The van der Waals surface area contributed by atoms with Crippen LogP contribution in [0.15, 0.2) is 24.3 Å². The molecule has 0 spiro atoms. The molecule has 6 aliphatic carbocycles. The first kappa shape index (κ1) is 10.6. The molecule has 3 saturated carbocycles. The Morgan fingerprint density at radius 3 is 1.42 bits per heavy atom. The summed E-state index contributed by atoms with van der Waals surface area (Å²) in [4.78, 5) is 25.9. The van der Waals surface area contributed by atoms with Gasteiger partial charge in [-0.1, -0.05) is 24.3 Å². The van der Waals surface area contributed by atoms with Gasteiger partial charge in [-0.2, -0.15) is 0 Å². The molecule has 0 radical (unpaired) electrons. The van der Waals surface area contributed by atoms with Gasteiger partial charge in [-0.15, -0.1) is 0 Å². The largest absolute Gasteiger partial charge is 0.299 e. The monoisotopic (exact) mass is 254 g/mol. The lowest BCUT2D eigenvalue weighted by Crippen LogP contribution is -2.56. The predicted molar refractivity (Wildman–Crippen MR) is 70.1 cm³/mol. The zero-order valence-corrected chi connectivity index (χ0v) is 10.9. The van der Waals surface area contributed by atoms with Crippen molar-refractivity contribution in [3.8, 4) is 0 Å². The summed E-state index contributed by atoms with van der Waals surface area (Å²) in [6, 6.07) is 0. The van der Waals surface area contributed by atoms with Crippen molar-refractivity contribution in [2.75, 3.05) is 0 Å². The number of allylic oxidation sites excluding steroid dienone is 4. The summed E-state index contributed by atoms with van der Waals surface area (Å²) >= 11 is 0. The number of carbonyl (C=O) groups excluding carboxylic acids is 2. The maximum atomic E-state index is 12.9. The van der Waals surface area contributed by atoms with Crippen LogP contribution in [0, 0.1) is 47.3 Å². The first-order valence-corrected chi connectivity index (χ1v) is 7.70. The van der Waals surface area contributed by atoms with Gasteiger partial charge >= 0.3 is 0 Å². The molecule has 0 aromatic carbocycles. The molecule has 0 amide bonds. The maximum Gasteiger partial charge on any atom is 0.141 e. The molecule has 0 aromatic rings. The Hall–Kier alpha value is -1.18. The fourth-order valence-electron chi connectivity index (χ4n) is 5.81. The highest BCUT2D eigenvalue weighted by Gasteiger charge is 2.62. The van der Waals surface area contributed by atoms with E-state index < -0.39 is 0 Å². The number of hydrogen-bond acceptors (Lipinski definition) is 2. The van der Waals surface area contributed by atoms with Crippen molar-refractivity contribution in [2.45, 2.75) is 19.3 Å². The standard InChI is InChI=1S/C17H18O2/c18-16-12-8-1-2-9(4-3-8)13(12)17(19)15-11-6-5-10(7-11)14(15)16/h1-2,5-6,8-15H,3-4,7H2/t8-,9-,10+,11+,12-,13-,14-,15+/m1/s1. The van der Waals surface area contributed by atoms with Crippen LogP contribution in [0.3, 0.4) is 0 Å². The fourth-order valence-corrected chi connectivity index (χ4v) is 5.81. The van der Waals surface area contributed by atoms with Gasteiger partial charge in [0.25, 0.3) is 0 Å². The molecule has 0 aromatic heterocycles. The van der Waals surface area contributed by atoms with Crippen LogP contribution in [0.5, 0.6) is 0 Å². The first-order chi connectivity index (χ1) is 9.25. The van der Waals surface area contributed by atoms with Crippen LogP contribution in [-0.4, -0.2) is 11.6 Å². The number of ketones is 2. The molecule has 0 unspecified atom stereocenters. The van der Waals surface area contributed by atoms with E-state index >= 15 is 0 Å². The fraction of sp³-hybridized carbons (Fsp3) is 0.647. The van der Waals surface area contributed by atoms with Crippen molar-refractivity contribution in [3.63, 3.8) is 0 Å². The average molecular weight is 254 g/mol. The molecular weight excluding hydrogens is 236 g/mol. The van der Waals surface area contributed by atoms with Crippen molar-refractivity contribution in [3.05, 3.63) is 24.3 Å². The van der Waals surface area contributed by atoms with Gasteiger partial charge in [0.15, 0.2) is 0 Å². The molecule has 0 N–H and O–H groups in total. The van der Waals surface area contributed by atoms with Gasteiger partial charge in [-0.3, -0.25) is 9.59 Å². The number of fused-ring (bicyclic) bond motifs is 6. The minimum atomic E-state index is 0.0326. The molecule has 8 atom stereocenters. The minimum absolute atomic E-state index is 0.0326.